The first-order valence-corrected chi connectivity index (χ1v) is 7.51. The summed E-state index contributed by atoms with van der Waals surface area (Å²) in [5.74, 6) is -0.834. The van der Waals surface area contributed by atoms with E-state index in [0.29, 0.717) is 26.3 Å². The molecule has 1 saturated heterocycles. The highest BCUT2D eigenvalue weighted by atomic mass is 16.5. The van der Waals surface area contributed by atoms with Crippen LogP contribution in [-0.4, -0.2) is 48.4 Å². The van der Waals surface area contributed by atoms with Gasteiger partial charge in [0, 0.05) is 18.5 Å². The van der Waals surface area contributed by atoms with Crippen molar-refractivity contribution in [3.63, 3.8) is 0 Å². The highest BCUT2D eigenvalue weighted by Crippen LogP contribution is 2.29. The fourth-order valence-corrected chi connectivity index (χ4v) is 2.89. The molecule has 116 valence electrons. The minimum Gasteiger partial charge on any atom is -0.480 e. The molecule has 0 unspecified atom stereocenters. The standard InChI is InChI=1S/C17H20N2O3/c1-13(17(20)21)19(18-9-11-22-12-10-18)16-8-4-6-14-5-2-3-7-15(14)16/h2-8,13H,9-12H2,1H3,(H,20,21)/t13-/m0/s1. The van der Waals surface area contributed by atoms with E-state index < -0.39 is 12.0 Å². The lowest BCUT2D eigenvalue weighted by Crippen LogP contribution is -2.55. The fourth-order valence-electron chi connectivity index (χ4n) is 2.89. The maximum Gasteiger partial charge on any atom is 0.327 e. The number of aliphatic carboxylic acids is 1. The summed E-state index contributed by atoms with van der Waals surface area (Å²) >= 11 is 0. The van der Waals surface area contributed by atoms with E-state index in [-0.39, 0.29) is 0 Å². The minimum absolute atomic E-state index is 0.619. The zero-order valence-corrected chi connectivity index (χ0v) is 12.6. The Labute approximate surface area is 129 Å². The average molecular weight is 300 g/mol. The molecule has 3 rings (SSSR count). The minimum atomic E-state index is -0.834. The molecular formula is C17H20N2O3. The molecule has 2 aromatic rings. The van der Waals surface area contributed by atoms with Gasteiger partial charge in [0.1, 0.15) is 6.04 Å². The van der Waals surface area contributed by atoms with Gasteiger partial charge in [-0.1, -0.05) is 36.4 Å². The Balaban J connectivity index is 2.08. The number of carbonyl (C=O) groups is 1. The van der Waals surface area contributed by atoms with Gasteiger partial charge >= 0.3 is 5.97 Å². The van der Waals surface area contributed by atoms with Gasteiger partial charge in [0.15, 0.2) is 0 Å². The Kier molecular flexibility index (Phi) is 4.27. The molecule has 1 heterocycles. The SMILES string of the molecule is C[C@@H](C(=O)O)N(c1cccc2ccccc12)N1CCOCC1. The molecule has 22 heavy (non-hydrogen) atoms. The smallest absolute Gasteiger partial charge is 0.327 e. The summed E-state index contributed by atoms with van der Waals surface area (Å²) < 4.78 is 5.40. The number of fused-ring (bicyclic) bond motifs is 1. The average Bonchev–Trinajstić information content (AvgIpc) is 2.56. The first-order chi connectivity index (χ1) is 10.7. The molecule has 1 N–H and O–H groups in total. The summed E-state index contributed by atoms with van der Waals surface area (Å²) in [6.07, 6.45) is 0. The molecule has 0 radical (unpaired) electrons. The maximum absolute atomic E-state index is 11.6. The number of ether oxygens (including phenoxy) is 1. The summed E-state index contributed by atoms with van der Waals surface area (Å²) in [5.41, 5.74) is 0.926. The molecule has 5 nitrogen and oxygen atoms in total. The summed E-state index contributed by atoms with van der Waals surface area (Å²) in [6.45, 7) is 4.35. The topological polar surface area (TPSA) is 53.0 Å². The van der Waals surface area contributed by atoms with Gasteiger partial charge < -0.3 is 9.84 Å². The highest BCUT2D eigenvalue weighted by Gasteiger charge is 2.29. The second kappa shape index (κ2) is 6.34. The summed E-state index contributed by atoms with van der Waals surface area (Å²) in [6, 6.07) is 13.4. The lowest BCUT2D eigenvalue weighted by molar-refractivity contribution is -0.139. The summed E-state index contributed by atoms with van der Waals surface area (Å²) in [5, 5.41) is 15.7. The Morgan fingerprint density at radius 2 is 1.86 bits per heavy atom. The lowest BCUT2D eigenvalue weighted by Gasteiger charge is -2.41. The van der Waals surface area contributed by atoms with Crippen LogP contribution >= 0.6 is 0 Å². The van der Waals surface area contributed by atoms with Crippen molar-refractivity contribution in [2.24, 2.45) is 0 Å². The van der Waals surface area contributed by atoms with Crippen LogP contribution in [0.15, 0.2) is 42.5 Å². The van der Waals surface area contributed by atoms with Crippen LogP contribution in [0.1, 0.15) is 6.92 Å². The quantitative estimate of drug-likeness (QED) is 0.939. The summed E-state index contributed by atoms with van der Waals surface area (Å²) in [4.78, 5) is 11.6. The maximum atomic E-state index is 11.6. The predicted octanol–water partition coefficient (Wildman–Crippen LogP) is 2.37. The van der Waals surface area contributed by atoms with Gasteiger partial charge in [0.25, 0.3) is 0 Å². The van der Waals surface area contributed by atoms with Gasteiger partial charge in [-0.3, -0.25) is 5.01 Å². The highest BCUT2D eigenvalue weighted by molar-refractivity contribution is 5.95. The van der Waals surface area contributed by atoms with Crippen molar-refractivity contribution in [2.45, 2.75) is 13.0 Å². The third-order valence-electron chi connectivity index (χ3n) is 4.03. The molecule has 0 amide bonds. The number of morpholine rings is 1. The van der Waals surface area contributed by atoms with E-state index in [0.717, 1.165) is 16.5 Å². The predicted molar refractivity (Wildman–Crippen MR) is 85.9 cm³/mol. The summed E-state index contributed by atoms with van der Waals surface area (Å²) in [7, 11) is 0. The van der Waals surface area contributed by atoms with Gasteiger partial charge in [0.05, 0.1) is 18.9 Å². The third kappa shape index (κ3) is 2.77. The molecule has 0 aliphatic carbocycles. The number of benzene rings is 2. The van der Waals surface area contributed by atoms with E-state index in [4.69, 9.17) is 4.74 Å². The van der Waals surface area contributed by atoms with Crippen LogP contribution < -0.4 is 5.01 Å². The van der Waals surface area contributed by atoms with Gasteiger partial charge in [0.2, 0.25) is 0 Å². The zero-order chi connectivity index (χ0) is 15.5. The first kappa shape index (κ1) is 14.8. The van der Waals surface area contributed by atoms with E-state index in [2.05, 4.69) is 5.01 Å². The van der Waals surface area contributed by atoms with E-state index >= 15 is 0 Å². The zero-order valence-electron chi connectivity index (χ0n) is 12.6. The molecule has 1 aliphatic rings. The van der Waals surface area contributed by atoms with Gasteiger partial charge in [-0.2, -0.15) is 0 Å². The molecule has 0 aromatic heterocycles. The van der Waals surface area contributed by atoms with Crippen molar-refractivity contribution >= 4 is 22.4 Å². The number of anilines is 1. The van der Waals surface area contributed by atoms with Crippen molar-refractivity contribution in [1.29, 1.82) is 0 Å². The second-order valence-electron chi connectivity index (χ2n) is 5.42. The number of rotatable bonds is 4. The van der Waals surface area contributed by atoms with Crippen LogP contribution in [0.25, 0.3) is 10.8 Å². The van der Waals surface area contributed by atoms with Gasteiger partial charge in [-0.25, -0.2) is 9.80 Å². The van der Waals surface area contributed by atoms with Crippen molar-refractivity contribution in [2.75, 3.05) is 31.3 Å². The number of hydrogen-bond donors (Lipinski definition) is 1. The van der Waals surface area contributed by atoms with Crippen molar-refractivity contribution in [1.82, 2.24) is 5.01 Å². The molecule has 1 atom stereocenters. The van der Waals surface area contributed by atoms with Gasteiger partial charge in [-0.05, 0) is 18.4 Å². The molecule has 0 spiro atoms. The van der Waals surface area contributed by atoms with Crippen LogP contribution in [0.4, 0.5) is 5.69 Å². The number of carboxylic acid groups (broad SMARTS) is 1. The number of nitrogens with zero attached hydrogens (tertiary/aromatic N) is 2. The van der Waals surface area contributed by atoms with Crippen LogP contribution in [0, 0.1) is 0 Å². The monoisotopic (exact) mass is 300 g/mol. The molecule has 0 saturated carbocycles. The molecular weight excluding hydrogens is 280 g/mol. The van der Waals surface area contributed by atoms with Crippen molar-refractivity contribution in [3.05, 3.63) is 42.5 Å². The first-order valence-electron chi connectivity index (χ1n) is 7.51. The van der Waals surface area contributed by atoms with E-state index in [1.165, 1.54) is 0 Å². The molecule has 1 aliphatic heterocycles. The molecule has 1 fully saturated rings. The number of hydrazine groups is 1. The Bertz CT molecular complexity index is 663. The lowest BCUT2D eigenvalue weighted by atomic mass is 10.1. The van der Waals surface area contributed by atoms with Crippen LogP contribution in [-0.2, 0) is 9.53 Å². The van der Waals surface area contributed by atoms with Crippen LogP contribution in [0.5, 0.6) is 0 Å². The molecule has 2 aromatic carbocycles. The Morgan fingerprint density at radius 3 is 2.59 bits per heavy atom. The second-order valence-corrected chi connectivity index (χ2v) is 5.42. The van der Waals surface area contributed by atoms with Crippen molar-refractivity contribution < 1.29 is 14.6 Å². The third-order valence-corrected chi connectivity index (χ3v) is 4.03. The van der Waals surface area contributed by atoms with Crippen molar-refractivity contribution in [3.8, 4) is 0 Å². The van der Waals surface area contributed by atoms with Gasteiger partial charge in [-0.15, -0.1) is 0 Å². The normalized spacial score (nSPS) is 17.3. The molecule has 0 bridgehead atoms. The van der Waals surface area contributed by atoms with Crippen LogP contribution in [0.3, 0.4) is 0 Å². The largest absolute Gasteiger partial charge is 0.480 e. The van der Waals surface area contributed by atoms with E-state index in [1.807, 2.05) is 47.5 Å². The Morgan fingerprint density at radius 1 is 1.18 bits per heavy atom. The van der Waals surface area contributed by atoms with E-state index in [9.17, 15) is 9.90 Å². The number of carboxylic acids is 1. The van der Waals surface area contributed by atoms with E-state index in [1.54, 1.807) is 6.92 Å². The van der Waals surface area contributed by atoms with Crippen LogP contribution in [0.2, 0.25) is 0 Å². The molecule has 5 heteroatoms. The fraction of sp³-hybridized carbons (Fsp3) is 0.353. The Hall–Kier alpha value is -2.11. The number of hydrogen-bond acceptors (Lipinski definition) is 4.